The molecule has 0 bridgehead atoms. The number of methoxy groups -OCH3 is 1. The molecule has 2 aromatic carbocycles. The highest BCUT2D eigenvalue weighted by Gasteiger charge is 2.31. The molecule has 3 rings (SSSR count). The van der Waals surface area contributed by atoms with Crippen LogP contribution in [0.25, 0.3) is 0 Å². The minimum Gasteiger partial charge on any atom is -0.497 e. The summed E-state index contributed by atoms with van der Waals surface area (Å²) >= 11 is 0. The summed E-state index contributed by atoms with van der Waals surface area (Å²) in [6.45, 7) is 4.30. The van der Waals surface area contributed by atoms with Crippen molar-refractivity contribution in [1.29, 1.82) is 0 Å². The lowest BCUT2D eigenvalue weighted by Gasteiger charge is -2.28. The normalized spacial score (nSPS) is 17.2. The Kier molecular flexibility index (Phi) is 6.34. The number of benzene rings is 2. The summed E-state index contributed by atoms with van der Waals surface area (Å²) in [4.78, 5) is 26.8. The Labute approximate surface area is 166 Å². The van der Waals surface area contributed by atoms with Crippen LogP contribution in [-0.4, -0.2) is 30.4 Å². The number of hydrogen-bond acceptors (Lipinski definition) is 3. The molecule has 2 aromatic rings. The third-order valence-corrected chi connectivity index (χ3v) is 5.31. The Morgan fingerprint density at radius 2 is 1.82 bits per heavy atom. The first kappa shape index (κ1) is 19.9. The van der Waals surface area contributed by atoms with Gasteiger partial charge in [-0.2, -0.15) is 0 Å². The number of ether oxygens (including phenoxy) is 1. The lowest BCUT2D eigenvalue weighted by atomic mass is 10.0. The third-order valence-electron chi connectivity index (χ3n) is 5.31. The number of aryl methyl sites for hydroxylation is 1. The highest BCUT2D eigenvalue weighted by Crippen LogP contribution is 2.33. The molecule has 5 heteroatoms. The minimum atomic E-state index is -0.352. The molecule has 0 radical (unpaired) electrons. The van der Waals surface area contributed by atoms with E-state index in [0.29, 0.717) is 0 Å². The number of amides is 2. The van der Waals surface area contributed by atoms with Crippen LogP contribution in [0.15, 0.2) is 48.5 Å². The van der Waals surface area contributed by atoms with Gasteiger partial charge in [-0.25, -0.2) is 0 Å². The lowest BCUT2D eigenvalue weighted by molar-refractivity contribution is -0.133. The Morgan fingerprint density at radius 3 is 2.43 bits per heavy atom. The van der Waals surface area contributed by atoms with Gasteiger partial charge in [0.15, 0.2) is 0 Å². The van der Waals surface area contributed by atoms with Crippen molar-refractivity contribution in [3.63, 3.8) is 0 Å². The summed E-state index contributed by atoms with van der Waals surface area (Å²) < 4.78 is 5.20. The zero-order valence-electron chi connectivity index (χ0n) is 16.8. The molecule has 148 valence electrons. The van der Waals surface area contributed by atoms with Crippen molar-refractivity contribution in [2.75, 3.05) is 13.7 Å². The van der Waals surface area contributed by atoms with Gasteiger partial charge in [-0.05, 0) is 43.0 Å². The summed E-state index contributed by atoms with van der Waals surface area (Å²) in [5.74, 6) is 0.665. The minimum absolute atomic E-state index is 0.0673. The maximum Gasteiger partial charge on any atom is 0.225 e. The van der Waals surface area contributed by atoms with Gasteiger partial charge < -0.3 is 15.0 Å². The lowest BCUT2D eigenvalue weighted by Crippen LogP contribution is -2.35. The third kappa shape index (κ3) is 4.71. The fraction of sp³-hybridized carbons (Fsp3) is 0.391. The Balaban J connectivity index is 1.76. The van der Waals surface area contributed by atoms with E-state index in [1.807, 2.05) is 29.2 Å². The fourth-order valence-corrected chi connectivity index (χ4v) is 3.83. The number of nitrogens with zero attached hydrogens (tertiary/aromatic N) is 1. The predicted molar refractivity (Wildman–Crippen MR) is 109 cm³/mol. The van der Waals surface area contributed by atoms with Crippen molar-refractivity contribution in [2.24, 2.45) is 0 Å². The predicted octanol–water partition coefficient (Wildman–Crippen LogP) is 3.93. The van der Waals surface area contributed by atoms with Crippen LogP contribution >= 0.6 is 0 Å². The van der Waals surface area contributed by atoms with Gasteiger partial charge in [0.25, 0.3) is 0 Å². The molecule has 5 nitrogen and oxygen atoms in total. The van der Waals surface area contributed by atoms with E-state index in [1.165, 1.54) is 18.1 Å². The zero-order chi connectivity index (χ0) is 20.1. The molecule has 2 atom stereocenters. The molecule has 1 aliphatic rings. The summed E-state index contributed by atoms with van der Waals surface area (Å²) in [6, 6.07) is 15.7. The van der Waals surface area contributed by atoms with Crippen molar-refractivity contribution in [1.82, 2.24) is 10.2 Å². The number of carbonyl (C=O) groups is 2. The fourth-order valence-electron chi connectivity index (χ4n) is 3.83. The standard InChI is InChI=1S/C23H28N2O3/c1-16-6-8-19(9-7-16)22-5-4-14-25(22)23(27)15-21(24-17(2)26)18-10-12-20(28-3)13-11-18/h6-13,21-22H,4-5,14-15H2,1-3H3,(H,24,26). The highest BCUT2D eigenvalue weighted by molar-refractivity contribution is 5.80. The number of likely N-dealkylation sites (tertiary alicyclic amines) is 1. The maximum atomic E-state index is 13.1. The van der Waals surface area contributed by atoms with E-state index in [2.05, 4.69) is 36.5 Å². The van der Waals surface area contributed by atoms with E-state index in [0.717, 1.165) is 30.7 Å². The smallest absolute Gasteiger partial charge is 0.225 e. The van der Waals surface area contributed by atoms with E-state index in [1.54, 1.807) is 7.11 Å². The van der Waals surface area contributed by atoms with Crippen LogP contribution in [0.5, 0.6) is 5.75 Å². The molecule has 2 amide bonds. The second-order valence-electron chi connectivity index (χ2n) is 7.39. The molecule has 28 heavy (non-hydrogen) atoms. The van der Waals surface area contributed by atoms with Crippen molar-refractivity contribution >= 4 is 11.8 Å². The summed E-state index contributed by atoms with van der Waals surface area (Å²) in [7, 11) is 1.61. The molecule has 0 spiro atoms. The quantitative estimate of drug-likeness (QED) is 0.826. The maximum absolute atomic E-state index is 13.1. The van der Waals surface area contributed by atoms with Crippen LogP contribution in [0, 0.1) is 6.92 Å². The Hall–Kier alpha value is -2.82. The van der Waals surface area contributed by atoms with Gasteiger partial charge in [-0.3, -0.25) is 9.59 Å². The number of nitrogens with one attached hydrogen (secondary N) is 1. The second-order valence-corrected chi connectivity index (χ2v) is 7.39. The molecule has 1 heterocycles. The first-order valence-electron chi connectivity index (χ1n) is 9.75. The Bertz CT molecular complexity index is 815. The van der Waals surface area contributed by atoms with Gasteiger partial charge in [0.2, 0.25) is 11.8 Å². The summed E-state index contributed by atoms with van der Waals surface area (Å²) in [6.07, 6.45) is 2.22. The van der Waals surface area contributed by atoms with Crippen molar-refractivity contribution in [2.45, 2.75) is 45.2 Å². The van der Waals surface area contributed by atoms with Crippen LogP contribution < -0.4 is 10.1 Å². The van der Waals surface area contributed by atoms with Crippen LogP contribution in [0.4, 0.5) is 0 Å². The largest absolute Gasteiger partial charge is 0.497 e. The number of rotatable bonds is 6. The van der Waals surface area contributed by atoms with Crippen LogP contribution in [0.3, 0.4) is 0 Å². The van der Waals surface area contributed by atoms with Crippen LogP contribution in [0.1, 0.15) is 55.0 Å². The SMILES string of the molecule is COc1ccc(C(CC(=O)N2CCCC2c2ccc(C)cc2)NC(C)=O)cc1. The molecule has 0 aromatic heterocycles. The zero-order valence-corrected chi connectivity index (χ0v) is 16.8. The van der Waals surface area contributed by atoms with Crippen molar-refractivity contribution in [3.05, 3.63) is 65.2 Å². The van der Waals surface area contributed by atoms with E-state index >= 15 is 0 Å². The summed E-state index contributed by atoms with van der Waals surface area (Å²) in [5, 5.41) is 2.92. The monoisotopic (exact) mass is 380 g/mol. The van der Waals surface area contributed by atoms with Crippen molar-refractivity contribution in [3.8, 4) is 5.75 Å². The number of carbonyl (C=O) groups excluding carboxylic acids is 2. The average molecular weight is 380 g/mol. The first-order valence-corrected chi connectivity index (χ1v) is 9.75. The van der Waals surface area contributed by atoms with E-state index < -0.39 is 0 Å². The van der Waals surface area contributed by atoms with Crippen LogP contribution in [-0.2, 0) is 9.59 Å². The molecule has 1 N–H and O–H groups in total. The molecule has 2 unspecified atom stereocenters. The second kappa shape index (κ2) is 8.91. The molecule has 0 aliphatic carbocycles. The van der Waals surface area contributed by atoms with Gasteiger partial charge in [-0.15, -0.1) is 0 Å². The molecule has 1 fully saturated rings. The highest BCUT2D eigenvalue weighted by atomic mass is 16.5. The number of hydrogen-bond donors (Lipinski definition) is 1. The van der Waals surface area contributed by atoms with Gasteiger partial charge in [0, 0.05) is 13.5 Å². The van der Waals surface area contributed by atoms with Gasteiger partial charge in [-0.1, -0.05) is 42.0 Å². The summed E-state index contributed by atoms with van der Waals surface area (Å²) in [5.41, 5.74) is 3.29. The first-order chi connectivity index (χ1) is 13.5. The molecule has 1 saturated heterocycles. The van der Waals surface area contributed by atoms with E-state index in [4.69, 9.17) is 4.74 Å². The van der Waals surface area contributed by atoms with Gasteiger partial charge >= 0.3 is 0 Å². The van der Waals surface area contributed by atoms with Gasteiger partial charge in [0.05, 0.1) is 25.6 Å². The molecular weight excluding hydrogens is 352 g/mol. The molecular formula is C23H28N2O3. The average Bonchev–Trinajstić information content (AvgIpc) is 3.18. The van der Waals surface area contributed by atoms with Crippen molar-refractivity contribution < 1.29 is 14.3 Å². The topological polar surface area (TPSA) is 58.6 Å². The molecule has 0 saturated carbocycles. The van der Waals surface area contributed by atoms with Crippen LogP contribution in [0.2, 0.25) is 0 Å². The van der Waals surface area contributed by atoms with E-state index in [-0.39, 0.29) is 30.3 Å². The van der Waals surface area contributed by atoms with Gasteiger partial charge in [0.1, 0.15) is 5.75 Å². The van der Waals surface area contributed by atoms with E-state index in [9.17, 15) is 9.59 Å². The Morgan fingerprint density at radius 1 is 1.14 bits per heavy atom. The molecule has 1 aliphatic heterocycles.